The van der Waals surface area contributed by atoms with Crippen LogP contribution in [0.5, 0.6) is 5.75 Å². The first-order valence-corrected chi connectivity index (χ1v) is 12.4. The molecule has 2 aromatic carbocycles. The van der Waals surface area contributed by atoms with Crippen LogP contribution >= 0.6 is 0 Å². The summed E-state index contributed by atoms with van der Waals surface area (Å²) in [6.45, 7) is 4.42. The number of rotatable bonds is 5. The molecule has 4 atom stereocenters. The van der Waals surface area contributed by atoms with Crippen molar-refractivity contribution in [3.63, 3.8) is 0 Å². The lowest BCUT2D eigenvalue weighted by Crippen LogP contribution is -2.30. The van der Waals surface area contributed by atoms with Crippen molar-refractivity contribution in [2.45, 2.75) is 58.3 Å². The van der Waals surface area contributed by atoms with Gasteiger partial charge in [-0.1, -0.05) is 48.3 Å². The molecule has 0 heterocycles. The Kier molecular flexibility index (Phi) is 8.05. The van der Waals surface area contributed by atoms with E-state index in [0.717, 1.165) is 23.3 Å². The molecule has 0 radical (unpaired) electrons. The van der Waals surface area contributed by atoms with E-state index in [1.165, 1.54) is 50.2 Å². The van der Waals surface area contributed by atoms with Crippen LogP contribution in [0, 0.1) is 35.4 Å². The summed E-state index contributed by atoms with van der Waals surface area (Å²) in [6.07, 6.45) is 16.5. The molecule has 0 saturated heterocycles. The maximum Gasteiger partial charge on any atom is 0.166 e. The third-order valence-corrected chi connectivity index (χ3v) is 7.35. The molecular formula is C31H35FO. The summed E-state index contributed by atoms with van der Waals surface area (Å²) in [7, 11) is 0. The van der Waals surface area contributed by atoms with Crippen LogP contribution in [-0.4, -0.2) is 6.61 Å². The Hall–Kier alpha value is -2.79. The molecule has 2 aliphatic carbocycles. The quantitative estimate of drug-likeness (QED) is 0.336. The fourth-order valence-corrected chi connectivity index (χ4v) is 5.59. The van der Waals surface area contributed by atoms with Crippen molar-refractivity contribution < 1.29 is 9.13 Å². The smallest absolute Gasteiger partial charge is 0.166 e. The Morgan fingerprint density at radius 1 is 0.879 bits per heavy atom. The number of fused-ring (bicyclic) bond motifs is 1. The fraction of sp³-hybridized carbons (Fsp3) is 0.419. The van der Waals surface area contributed by atoms with Crippen molar-refractivity contribution >= 4 is 0 Å². The molecule has 2 fully saturated rings. The Labute approximate surface area is 198 Å². The van der Waals surface area contributed by atoms with Gasteiger partial charge in [-0.05, 0) is 112 Å². The number of ether oxygens (including phenoxy) is 1. The SMILES string of the molecule is C/C=C/COc1ccc(C#Cc2ccc(C3CCC4CC(/C=C/C)CCC4C3)cc2)cc1F. The second-order valence-electron chi connectivity index (χ2n) is 9.53. The highest BCUT2D eigenvalue weighted by Crippen LogP contribution is 2.47. The van der Waals surface area contributed by atoms with Crippen LogP contribution in [0.2, 0.25) is 0 Å². The average molecular weight is 443 g/mol. The third kappa shape index (κ3) is 6.17. The Bertz CT molecular complexity index is 1040. The predicted octanol–water partition coefficient (Wildman–Crippen LogP) is 8.06. The third-order valence-electron chi connectivity index (χ3n) is 7.35. The van der Waals surface area contributed by atoms with E-state index in [-0.39, 0.29) is 11.6 Å². The van der Waals surface area contributed by atoms with Gasteiger partial charge in [0, 0.05) is 11.1 Å². The van der Waals surface area contributed by atoms with Gasteiger partial charge in [-0.2, -0.15) is 0 Å². The molecule has 0 spiro atoms. The lowest BCUT2D eigenvalue weighted by molar-refractivity contribution is 0.133. The molecule has 33 heavy (non-hydrogen) atoms. The van der Waals surface area contributed by atoms with Gasteiger partial charge in [-0.15, -0.1) is 0 Å². The minimum atomic E-state index is -0.378. The average Bonchev–Trinajstić information content (AvgIpc) is 2.84. The van der Waals surface area contributed by atoms with Crippen LogP contribution in [0.1, 0.15) is 75.0 Å². The minimum absolute atomic E-state index is 0.257. The lowest BCUT2D eigenvalue weighted by Gasteiger charge is -2.41. The van der Waals surface area contributed by atoms with Crippen molar-refractivity contribution in [3.05, 3.63) is 89.3 Å². The van der Waals surface area contributed by atoms with Gasteiger partial charge in [-0.3, -0.25) is 0 Å². The number of allylic oxidation sites excluding steroid dienone is 3. The molecule has 172 valence electrons. The summed E-state index contributed by atoms with van der Waals surface area (Å²) in [5, 5.41) is 0. The summed E-state index contributed by atoms with van der Waals surface area (Å²) in [5.41, 5.74) is 3.07. The van der Waals surface area contributed by atoms with Gasteiger partial charge in [0.25, 0.3) is 0 Å². The van der Waals surface area contributed by atoms with Crippen molar-refractivity contribution in [1.29, 1.82) is 0 Å². The Morgan fingerprint density at radius 2 is 1.61 bits per heavy atom. The minimum Gasteiger partial charge on any atom is -0.486 e. The van der Waals surface area contributed by atoms with E-state index in [1.807, 2.05) is 19.1 Å². The van der Waals surface area contributed by atoms with Crippen LogP contribution in [0.4, 0.5) is 4.39 Å². The number of hydrogen-bond acceptors (Lipinski definition) is 1. The zero-order valence-electron chi connectivity index (χ0n) is 19.9. The summed E-state index contributed by atoms with van der Waals surface area (Å²) in [4.78, 5) is 0. The highest BCUT2D eigenvalue weighted by atomic mass is 19.1. The van der Waals surface area contributed by atoms with E-state index < -0.39 is 0 Å². The van der Waals surface area contributed by atoms with Crippen molar-refractivity contribution in [3.8, 4) is 17.6 Å². The van der Waals surface area contributed by atoms with E-state index in [0.29, 0.717) is 18.1 Å². The fourth-order valence-electron chi connectivity index (χ4n) is 5.59. The molecule has 2 aliphatic rings. The second-order valence-corrected chi connectivity index (χ2v) is 9.53. The van der Waals surface area contributed by atoms with Crippen LogP contribution in [0.15, 0.2) is 66.8 Å². The van der Waals surface area contributed by atoms with Gasteiger partial charge in [0.1, 0.15) is 6.61 Å². The summed E-state index contributed by atoms with van der Waals surface area (Å²) >= 11 is 0. The Balaban J connectivity index is 1.35. The molecule has 2 heteroatoms. The molecule has 0 aliphatic heterocycles. The zero-order valence-corrected chi connectivity index (χ0v) is 19.9. The standard InChI is InChI=1S/C31H35FO/c1-3-5-19-33-31-18-12-25(21-30(31)32)8-7-23-9-13-26(14-10-23)28-17-16-27-20-24(6-4-2)11-15-29(27)22-28/h3-6,9-10,12-14,18,21,24,27-29H,11,15-17,19-20,22H2,1-2H3/b5-3+,6-4+. The first kappa shape index (κ1) is 23.4. The van der Waals surface area contributed by atoms with Crippen molar-refractivity contribution in [2.24, 2.45) is 17.8 Å². The molecule has 4 rings (SSSR count). The van der Waals surface area contributed by atoms with E-state index >= 15 is 0 Å². The number of benzene rings is 2. The second kappa shape index (κ2) is 11.4. The van der Waals surface area contributed by atoms with Crippen molar-refractivity contribution in [1.82, 2.24) is 0 Å². The van der Waals surface area contributed by atoms with Crippen molar-refractivity contribution in [2.75, 3.05) is 6.61 Å². The number of halogens is 1. The van der Waals surface area contributed by atoms with E-state index in [1.54, 1.807) is 12.1 Å². The normalized spacial score (nSPS) is 24.9. The van der Waals surface area contributed by atoms with Crippen LogP contribution in [-0.2, 0) is 0 Å². The lowest BCUT2D eigenvalue weighted by atomic mass is 9.64. The zero-order chi connectivity index (χ0) is 23.0. The van der Waals surface area contributed by atoms with Crippen LogP contribution in [0.3, 0.4) is 0 Å². The van der Waals surface area contributed by atoms with Crippen LogP contribution in [0.25, 0.3) is 0 Å². The monoisotopic (exact) mass is 442 g/mol. The van der Waals surface area contributed by atoms with E-state index in [4.69, 9.17) is 4.74 Å². The molecule has 0 N–H and O–H groups in total. The van der Waals surface area contributed by atoms with Crippen LogP contribution < -0.4 is 4.74 Å². The first-order valence-electron chi connectivity index (χ1n) is 12.4. The topological polar surface area (TPSA) is 9.23 Å². The number of hydrogen-bond donors (Lipinski definition) is 0. The molecular weight excluding hydrogens is 407 g/mol. The van der Waals surface area contributed by atoms with Gasteiger partial charge in [-0.25, -0.2) is 4.39 Å². The van der Waals surface area contributed by atoms with Gasteiger partial charge in [0.05, 0.1) is 0 Å². The Morgan fingerprint density at radius 3 is 2.36 bits per heavy atom. The van der Waals surface area contributed by atoms with Gasteiger partial charge in [0.15, 0.2) is 11.6 Å². The molecule has 4 unspecified atom stereocenters. The van der Waals surface area contributed by atoms with E-state index in [2.05, 4.69) is 55.2 Å². The molecule has 0 bridgehead atoms. The van der Waals surface area contributed by atoms with Gasteiger partial charge < -0.3 is 4.74 Å². The maximum absolute atomic E-state index is 14.2. The van der Waals surface area contributed by atoms with Gasteiger partial charge >= 0.3 is 0 Å². The molecule has 1 nitrogen and oxygen atoms in total. The first-order chi connectivity index (χ1) is 16.2. The molecule has 2 aromatic rings. The summed E-state index contributed by atoms with van der Waals surface area (Å²) in [5.74, 6) is 9.43. The molecule has 0 amide bonds. The molecule has 0 aromatic heterocycles. The molecule has 2 saturated carbocycles. The highest BCUT2D eigenvalue weighted by molar-refractivity contribution is 5.45. The maximum atomic E-state index is 14.2. The summed E-state index contributed by atoms with van der Waals surface area (Å²) in [6, 6.07) is 13.6. The summed E-state index contributed by atoms with van der Waals surface area (Å²) < 4.78 is 19.6. The largest absolute Gasteiger partial charge is 0.486 e. The van der Waals surface area contributed by atoms with E-state index in [9.17, 15) is 4.39 Å². The highest BCUT2D eigenvalue weighted by Gasteiger charge is 2.35. The van der Waals surface area contributed by atoms with Gasteiger partial charge in [0.2, 0.25) is 0 Å². The predicted molar refractivity (Wildman–Crippen MR) is 135 cm³/mol.